The van der Waals surface area contributed by atoms with Gasteiger partial charge in [-0.3, -0.25) is 4.68 Å². The summed E-state index contributed by atoms with van der Waals surface area (Å²) in [5, 5.41) is 7.83. The highest BCUT2D eigenvalue weighted by molar-refractivity contribution is 4.84. The van der Waals surface area contributed by atoms with Crippen LogP contribution < -0.4 is 5.32 Å². The quantitative estimate of drug-likeness (QED) is 0.851. The fourth-order valence-electron chi connectivity index (χ4n) is 2.21. The summed E-state index contributed by atoms with van der Waals surface area (Å²) >= 11 is 0. The van der Waals surface area contributed by atoms with Gasteiger partial charge in [-0.05, 0) is 39.2 Å². The lowest BCUT2D eigenvalue weighted by atomic mass is 10.1. The maximum atomic E-state index is 5.71. The molecule has 0 bridgehead atoms. The first-order valence-corrected chi connectivity index (χ1v) is 6.61. The Labute approximate surface area is 103 Å². The third-order valence-electron chi connectivity index (χ3n) is 3.61. The molecule has 17 heavy (non-hydrogen) atoms. The molecule has 0 radical (unpaired) electrons. The van der Waals surface area contributed by atoms with E-state index in [1.807, 2.05) is 23.1 Å². The van der Waals surface area contributed by atoms with Gasteiger partial charge in [0.1, 0.15) is 0 Å². The Hall–Kier alpha value is -0.870. The summed E-state index contributed by atoms with van der Waals surface area (Å²) in [4.78, 5) is 0. The lowest BCUT2D eigenvalue weighted by molar-refractivity contribution is 0.0147. The van der Waals surface area contributed by atoms with Gasteiger partial charge in [0, 0.05) is 31.6 Å². The van der Waals surface area contributed by atoms with Crippen LogP contribution in [0.3, 0.4) is 0 Å². The Kier molecular flexibility index (Phi) is 4.57. The lowest BCUT2D eigenvalue weighted by Crippen LogP contribution is -2.40. The Bertz CT molecular complexity index is 306. The Balaban J connectivity index is 1.74. The van der Waals surface area contributed by atoms with Crippen LogP contribution >= 0.6 is 0 Å². The number of hydrogen-bond donors (Lipinski definition) is 1. The monoisotopic (exact) mass is 237 g/mol. The molecule has 1 aromatic heterocycles. The maximum Gasteiger partial charge on any atom is 0.0699 e. The summed E-state index contributed by atoms with van der Waals surface area (Å²) in [7, 11) is 0. The van der Waals surface area contributed by atoms with Gasteiger partial charge in [0.2, 0.25) is 0 Å². The van der Waals surface area contributed by atoms with E-state index in [1.165, 1.54) is 19.3 Å². The smallest absolute Gasteiger partial charge is 0.0699 e. The lowest BCUT2D eigenvalue weighted by Gasteiger charge is -2.27. The van der Waals surface area contributed by atoms with Crippen LogP contribution in [0.4, 0.5) is 0 Å². The molecule has 4 heteroatoms. The molecule has 0 unspecified atom stereocenters. The summed E-state index contributed by atoms with van der Waals surface area (Å²) in [5.74, 6) is 0. The fourth-order valence-corrected chi connectivity index (χ4v) is 2.21. The summed E-state index contributed by atoms with van der Waals surface area (Å²) in [5.41, 5.74) is 0. The van der Waals surface area contributed by atoms with Crippen molar-refractivity contribution >= 4 is 0 Å². The third kappa shape index (κ3) is 3.54. The van der Waals surface area contributed by atoms with Crippen molar-refractivity contribution in [3.63, 3.8) is 0 Å². The van der Waals surface area contributed by atoms with Crippen molar-refractivity contribution in [2.45, 2.75) is 51.3 Å². The molecule has 1 N–H and O–H groups in total. The molecule has 1 aliphatic rings. The SMILES string of the molecule is C[C@H](NC[C@@H]1CCCCO1)[C@H](C)n1cccn1. The van der Waals surface area contributed by atoms with Crippen molar-refractivity contribution in [2.24, 2.45) is 0 Å². The van der Waals surface area contributed by atoms with Crippen LogP contribution in [-0.2, 0) is 4.74 Å². The van der Waals surface area contributed by atoms with E-state index in [-0.39, 0.29) is 0 Å². The van der Waals surface area contributed by atoms with Crippen molar-refractivity contribution in [3.05, 3.63) is 18.5 Å². The summed E-state index contributed by atoms with van der Waals surface area (Å²) < 4.78 is 7.71. The van der Waals surface area contributed by atoms with Gasteiger partial charge in [-0.2, -0.15) is 5.10 Å². The van der Waals surface area contributed by atoms with Crippen molar-refractivity contribution < 1.29 is 4.74 Å². The molecular formula is C13H23N3O. The predicted octanol–water partition coefficient (Wildman–Crippen LogP) is 1.99. The molecule has 0 spiro atoms. The van der Waals surface area contributed by atoms with Crippen LogP contribution in [-0.4, -0.2) is 35.1 Å². The summed E-state index contributed by atoms with van der Waals surface area (Å²) in [6.45, 7) is 6.27. The second-order valence-corrected chi connectivity index (χ2v) is 4.91. The maximum absolute atomic E-state index is 5.71. The molecule has 4 nitrogen and oxygen atoms in total. The van der Waals surface area contributed by atoms with Gasteiger partial charge in [0.15, 0.2) is 0 Å². The first-order chi connectivity index (χ1) is 8.27. The van der Waals surface area contributed by atoms with Crippen molar-refractivity contribution in [3.8, 4) is 0 Å². The highest BCUT2D eigenvalue weighted by atomic mass is 16.5. The van der Waals surface area contributed by atoms with Gasteiger partial charge >= 0.3 is 0 Å². The minimum atomic E-state index is 0.369. The summed E-state index contributed by atoms with van der Waals surface area (Å²) in [6, 6.07) is 2.74. The predicted molar refractivity (Wildman–Crippen MR) is 68.0 cm³/mol. The van der Waals surface area contributed by atoms with E-state index < -0.39 is 0 Å². The number of aromatic nitrogens is 2. The van der Waals surface area contributed by atoms with Gasteiger partial charge in [0.05, 0.1) is 12.1 Å². The molecule has 2 rings (SSSR count). The summed E-state index contributed by atoms with van der Waals surface area (Å²) in [6.07, 6.45) is 7.95. The second kappa shape index (κ2) is 6.17. The molecule has 1 fully saturated rings. The van der Waals surface area contributed by atoms with Crippen LogP contribution in [0.15, 0.2) is 18.5 Å². The number of nitrogens with zero attached hydrogens (tertiary/aromatic N) is 2. The highest BCUT2D eigenvalue weighted by Gasteiger charge is 2.18. The molecule has 2 heterocycles. The minimum absolute atomic E-state index is 0.369. The Morgan fingerprint density at radius 1 is 1.47 bits per heavy atom. The third-order valence-corrected chi connectivity index (χ3v) is 3.61. The van der Waals surface area contributed by atoms with Crippen molar-refractivity contribution in [1.29, 1.82) is 0 Å². The zero-order valence-corrected chi connectivity index (χ0v) is 10.8. The molecule has 0 aliphatic carbocycles. The van der Waals surface area contributed by atoms with E-state index in [1.54, 1.807) is 0 Å². The van der Waals surface area contributed by atoms with E-state index in [4.69, 9.17) is 4.74 Å². The van der Waals surface area contributed by atoms with E-state index in [0.29, 0.717) is 18.2 Å². The van der Waals surface area contributed by atoms with E-state index in [0.717, 1.165) is 13.2 Å². The van der Waals surface area contributed by atoms with Crippen LogP contribution in [0.2, 0.25) is 0 Å². The molecular weight excluding hydrogens is 214 g/mol. The van der Waals surface area contributed by atoms with Gasteiger partial charge in [-0.25, -0.2) is 0 Å². The molecule has 1 aromatic rings. The molecule has 0 aromatic carbocycles. The van der Waals surface area contributed by atoms with Crippen LogP contribution in [0.5, 0.6) is 0 Å². The van der Waals surface area contributed by atoms with E-state index in [2.05, 4.69) is 24.3 Å². The zero-order valence-electron chi connectivity index (χ0n) is 10.8. The van der Waals surface area contributed by atoms with E-state index >= 15 is 0 Å². The average molecular weight is 237 g/mol. The largest absolute Gasteiger partial charge is 0.377 e. The topological polar surface area (TPSA) is 39.1 Å². The normalized spacial score (nSPS) is 24.5. The Morgan fingerprint density at radius 3 is 3.00 bits per heavy atom. The number of nitrogens with one attached hydrogen (secondary N) is 1. The van der Waals surface area contributed by atoms with Crippen LogP contribution in [0.1, 0.15) is 39.2 Å². The average Bonchev–Trinajstić information content (AvgIpc) is 2.90. The van der Waals surface area contributed by atoms with E-state index in [9.17, 15) is 0 Å². The minimum Gasteiger partial charge on any atom is -0.377 e. The second-order valence-electron chi connectivity index (χ2n) is 4.91. The number of rotatable bonds is 5. The van der Waals surface area contributed by atoms with Crippen LogP contribution in [0.25, 0.3) is 0 Å². The molecule has 1 saturated heterocycles. The molecule has 0 amide bonds. The Morgan fingerprint density at radius 2 is 2.35 bits per heavy atom. The number of hydrogen-bond acceptors (Lipinski definition) is 3. The molecule has 3 atom stereocenters. The first-order valence-electron chi connectivity index (χ1n) is 6.61. The van der Waals surface area contributed by atoms with Crippen molar-refractivity contribution in [2.75, 3.05) is 13.2 Å². The zero-order chi connectivity index (χ0) is 12.1. The fraction of sp³-hybridized carbons (Fsp3) is 0.769. The standard InChI is InChI=1S/C13H23N3O/c1-11(12(2)16-8-5-7-15-16)14-10-13-6-3-4-9-17-13/h5,7-8,11-14H,3-4,6,9-10H2,1-2H3/t11-,12-,13-/m0/s1. The molecule has 0 saturated carbocycles. The van der Waals surface area contributed by atoms with Crippen LogP contribution in [0, 0.1) is 0 Å². The van der Waals surface area contributed by atoms with Gasteiger partial charge in [0.25, 0.3) is 0 Å². The van der Waals surface area contributed by atoms with Gasteiger partial charge in [-0.1, -0.05) is 0 Å². The molecule has 96 valence electrons. The number of ether oxygens (including phenoxy) is 1. The first kappa shape index (κ1) is 12.6. The van der Waals surface area contributed by atoms with Gasteiger partial charge in [-0.15, -0.1) is 0 Å². The highest BCUT2D eigenvalue weighted by Crippen LogP contribution is 2.13. The van der Waals surface area contributed by atoms with Crippen molar-refractivity contribution in [1.82, 2.24) is 15.1 Å². The molecule has 1 aliphatic heterocycles. The van der Waals surface area contributed by atoms with Gasteiger partial charge < -0.3 is 10.1 Å².